The quantitative estimate of drug-likeness (QED) is 0.780. The molecule has 1 fully saturated rings. The zero-order valence-electron chi connectivity index (χ0n) is 8.80. The highest BCUT2D eigenvalue weighted by Crippen LogP contribution is 2.37. The first-order valence-corrected chi connectivity index (χ1v) is 4.92. The van der Waals surface area contributed by atoms with Gasteiger partial charge >= 0.3 is 0 Å². The van der Waals surface area contributed by atoms with Crippen molar-refractivity contribution in [3.63, 3.8) is 0 Å². The van der Waals surface area contributed by atoms with Crippen LogP contribution in [0.3, 0.4) is 0 Å². The molecule has 0 aromatic carbocycles. The monoisotopic (exact) mass is 210 g/mol. The van der Waals surface area contributed by atoms with Crippen molar-refractivity contribution < 1.29 is 9.53 Å². The summed E-state index contributed by atoms with van der Waals surface area (Å²) in [7, 11) is 1.58. The van der Waals surface area contributed by atoms with Gasteiger partial charge in [-0.25, -0.2) is 4.68 Å². The van der Waals surface area contributed by atoms with Gasteiger partial charge in [0.2, 0.25) is 0 Å². The number of hydrogen-bond acceptors (Lipinski definition) is 4. The van der Waals surface area contributed by atoms with Crippen molar-refractivity contribution in [2.24, 2.45) is 5.73 Å². The molecular weight excluding hydrogens is 196 g/mol. The van der Waals surface area contributed by atoms with Crippen LogP contribution in [0.5, 0.6) is 0 Å². The number of carbonyl (C=O) groups excluding carboxylic acids is 1. The number of rotatable bonds is 4. The summed E-state index contributed by atoms with van der Waals surface area (Å²) in [6.45, 7) is 1.85. The summed E-state index contributed by atoms with van der Waals surface area (Å²) >= 11 is 0. The second-order valence-electron chi connectivity index (χ2n) is 3.74. The number of nitrogens with two attached hydrogens (primary N) is 1. The predicted octanol–water partition coefficient (Wildman–Crippen LogP) is 0.419. The Morgan fingerprint density at radius 3 is 2.80 bits per heavy atom. The Hall–Kier alpha value is -1.43. The summed E-state index contributed by atoms with van der Waals surface area (Å²) in [6, 6.07) is 0.359. The molecule has 0 radical (unpaired) electrons. The lowest BCUT2D eigenvalue weighted by Gasteiger charge is -2.11. The highest BCUT2D eigenvalue weighted by molar-refractivity contribution is 5.91. The molecule has 6 heteroatoms. The van der Waals surface area contributed by atoms with Crippen molar-refractivity contribution in [3.8, 4) is 0 Å². The number of amides is 1. The van der Waals surface area contributed by atoms with Crippen LogP contribution in [0.1, 0.15) is 48.1 Å². The Labute approximate surface area is 87.4 Å². The van der Waals surface area contributed by atoms with Gasteiger partial charge in [0, 0.05) is 7.11 Å². The van der Waals surface area contributed by atoms with Crippen molar-refractivity contribution >= 4 is 5.91 Å². The van der Waals surface area contributed by atoms with Gasteiger partial charge in [0.1, 0.15) is 5.69 Å². The molecule has 1 aliphatic carbocycles. The Bertz CT molecular complexity index is 383. The van der Waals surface area contributed by atoms with E-state index in [0.29, 0.717) is 11.7 Å². The average molecular weight is 210 g/mol. The summed E-state index contributed by atoms with van der Waals surface area (Å²) in [6.07, 6.45) is 1.93. The zero-order chi connectivity index (χ0) is 11.0. The van der Waals surface area contributed by atoms with E-state index in [0.717, 1.165) is 12.8 Å². The lowest BCUT2D eigenvalue weighted by Crippen LogP contribution is -2.17. The van der Waals surface area contributed by atoms with Crippen molar-refractivity contribution in [1.29, 1.82) is 0 Å². The minimum absolute atomic E-state index is 0.219. The fourth-order valence-electron chi connectivity index (χ4n) is 1.56. The molecule has 2 rings (SSSR count). The number of primary amides is 1. The first kappa shape index (κ1) is 10.1. The van der Waals surface area contributed by atoms with Crippen molar-refractivity contribution in [1.82, 2.24) is 15.0 Å². The van der Waals surface area contributed by atoms with E-state index in [1.54, 1.807) is 11.8 Å². The van der Waals surface area contributed by atoms with E-state index < -0.39 is 5.91 Å². The molecule has 1 aliphatic rings. The lowest BCUT2D eigenvalue weighted by atomic mass is 10.2. The molecule has 1 saturated carbocycles. The highest BCUT2D eigenvalue weighted by atomic mass is 16.5. The summed E-state index contributed by atoms with van der Waals surface area (Å²) in [5.74, 6) is -0.555. The first-order chi connectivity index (χ1) is 7.15. The van der Waals surface area contributed by atoms with Crippen LogP contribution >= 0.6 is 0 Å². The van der Waals surface area contributed by atoms with E-state index in [1.165, 1.54) is 0 Å². The normalized spacial score (nSPS) is 17.7. The summed E-state index contributed by atoms with van der Waals surface area (Å²) in [5.41, 5.74) is 6.14. The second-order valence-corrected chi connectivity index (χ2v) is 3.74. The van der Waals surface area contributed by atoms with Crippen molar-refractivity contribution in [2.45, 2.75) is 31.9 Å². The zero-order valence-corrected chi connectivity index (χ0v) is 8.80. The lowest BCUT2D eigenvalue weighted by molar-refractivity contribution is 0.0960. The van der Waals surface area contributed by atoms with Gasteiger partial charge in [0.05, 0.1) is 12.1 Å². The van der Waals surface area contributed by atoms with Crippen molar-refractivity contribution in [2.75, 3.05) is 7.11 Å². The molecule has 0 spiro atoms. The molecule has 0 saturated heterocycles. The van der Waals surface area contributed by atoms with E-state index in [-0.39, 0.29) is 11.8 Å². The first-order valence-electron chi connectivity index (χ1n) is 4.92. The van der Waals surface area contributed by atoms with E-state index in [4.69, 9.17) is 10.5 Å². The maximum Gasteiger partial charge on any atom is 0.271 e. The molecular formula is C9H14N4O2. The highest BCUT2D eigenvalue weighted by Gasteiger charge is 2.32. The fraction of sp³-hybridized carbons (Fsp3) is 0.667. The fourth-order valence-corrected chi connectivity index (χ4v) is 1.56. The molecule has 0 bridgehead atoms. The molecule has 1 aromatic rings. The largest absolute Gasteiger partial charge is 0.375 e. The van der Waals surface area contributed by atoms with Crippen LogP contribution in [0.2, 0.25) is 0 Å². The van der Waals surface area contributed by atoms with Crippen LogP contribution in [0, 0.1) is 0 Å². The topological polar surface area (TPSA) is 83.0 Å². The standard InChI is InChI=1S/C9H14N4O2/c1-5(15-2)8-7(9(10)14)11-12-13(8)6-3-4-6/h5-6H,3-4H2,1-2H3,(H2,10,14). The van der Waals surface area contributed by atoms with Crippen LogP contribution in [-0.2, 0) is 4.74 Å². The Morgan fingerprint density at radius 1 is 1.67 bits per heavy atom. The second kappa shape index (κ2) is 3.62. The SMILES string of the molecule is COC(C)c1c(C(N)=O)nnn1C1CC1. The number of methoxy groups -OCH3 is 1. The third-order valence-electron chi connectivity index (χ3n) is 2.60. The molecule has 1 unspecified atom stereocenters. The number of nitrogens with zero attached hydrogens (tertiary/aromatic N) is 3. The van der Waals surface area contributed by atoms with Gasteiger partial charge in [-0.05, 0) is 19.8 Å². The van der Waals surface area contributed by atoms with Crippen LogP contribution in [0.25, 0.3) is 0 Å². The molecule has 1 heterocycles. The maximum absolute atomic E-state index is 11.1. The molecule has 1 atom stereocenters. The van der Waals surface area contributed by atoms with E-state index in [2.05, 4.69) is 10.3 Å². The minimum atomic E-state index is -0.555. The minimum Gasteiger partial charge on any atom is -0.375 e. The Balaban J connectivity index is 2.43. The smallest absolute Gasteiger partial charge is 0.271 e. The van der Waals surface area contributed by atoms with Crippen LogP contribution < -0.4 is 5.73 Å². The third-order valence-corrected chi connectivity index (χ3v) is 2.60. The van der Waals surface area contributed by atoms with Crippen LogP contribution in [0.15, 0.2) is 0 Å². The number of aromatic nitrogens is 3. The molecule has 0 aliphatic heterocycles. The third kappa shape index (κ3) is 1.72. The number of ether oxygens (including phenoxy) is 1. The van der Waals surface area contributed by atoms with Crippen molar-refractivity contribution in [3.05, 3.63) is 11.4 Å². The van der Waals surface area contributed by atoms with E-state index in [1.807, 2.05) is 6.92 Å². The van der Waals surface area contributed by atoms with Gasteiger partial charge in [-0.2, -0.15) is 0 Å². The molecule has 6 nitrogen and oxygen atoms in total. The average Bonchev–Trinajstić information content (AvgIpc) is 2.95. The van der Waals surface area contributed by atoms with Crippen LogP contribution in [-0.4, -0.2) is 28.0 Å². The van der Waals surface area contributed by atoms with Gasteiger partial charge in [0.15, 0.2) is 5.69 Å². The van der Waals surface area contributed by atoms with Gasteiger partial charge in [-0.15, -0.1) is 5.10 Å². The number of hydrogen-bond donors (Lipinski definition) is 1. The van der Waals surface area contributed by atoms with Gasteiger partial charge in [-0.1, -0.05) is 5.21 Å². The van der Waals surface area contributed by atoms with Crippen LogP contribution in [0.4, 0.5) is 0 Å². The molecule has 15 heavy (non-hydrogen) atoms. The summed E-state index contributed by atoms with van der Waals surface area (Å²) in [5, 5.41) is 7.76. The molecule has 1 aromatic heterocycles. The Kier molecular flexibility index (Phi) is 2.44. The summed E-state index contributed by atoms with van der Waals surface area (Å²) < 4.78 is 6.95. The summed E-state index contributed by atoms with van der Waals surface area (Å²) in [4.78, 5) is 11.1. The Morgan fingerprint density at radius 2 is 2.33 bits per heavy atom. The molecule has 1 amide bonds. The predicted molar refractivity (Wildman–Crippen MR) is 52.2 cm³/mol. The van der Waals surface area contributed by atoms with Gasteiger partial charge in [-0.3, -0.25) is 4.79 Å². The van der Waals surface area contributed by atoms with Gasteiger partial charge < -0.3 is 10.5 Å². The van der Waals surface area contributed by atoms with Gasteiger partial charge in [0.25, 0.3) is 5.91 Å². The maximum atomic E-state index is 11.1. The molecule has 2 N–H and O–H groups in total. The number of carbonyl (C=O) groups is 1. The molecule has 82 valence electrons. The van der Waals surface area contributed by atoms with E-state index >= 15 is 0 Å². The van der Waals surface area contributed by atoms with E-state index in [9.17, 15) is 4.79 Å².